The monoisotopic (exact) mass is 358 g/mol. The molecule has 0 spiro atoms. The van der Waals surface area contributed by atoms with Gasteiger partial charge in [-0.05, 0) is 31.0 Å². The first-order chi connectivity index (χ1) is 12.1. The fourth-order valence-electron chi connectivity index (χ4n) is 2.39. The molecule has 0 unspecified atom stereocenters. The smallest absolute Gasteiger partial charge is 0.343 e. The molecule has 0 saturated heterocycles. The van der Waals surface area contributed by atoms with Crippen LogP contribution in [0.5, 0.6) is 5.88 Å². The minimum absolute atomic E-state index is 0.0934. The molecule has 6 nitrogen and oxygen atoms in total. The summed E-state index contributed by atoms with van der Waals surface area (Å²) in [4.78, 5) is 29.6. The number of nitrogens with one attached hydrogen (secondary N) is 1. The largest absolute Gasteiger partial charge is 0.480 e. The normalized spacial score (nSPS) is 14.5. The number of esters is 1. The number of hydrogen-bond acceptors (Lipinski definition) is 6. The van der Waals surface area contributed by atoms with E-state index in [0.717, 1.165) is 17.7 Å². The number of amides is 1. The van der Waals surface area contributed by atoms with Crippen LogP contribution in [0.1, 0.15) is 23.2 Å². The fraction of sp³-hybridized carbons (Fsp3) is 0.278. The Morgan fingerprint density at radius 2 is 1.92 bits per heavy atom. The van der Waals surface area contributed by atoms with Crippen molar-refractivity contribution in [3.05, 3.63) is 48.2 Å². The molecule has 1 fully saturated rings. The Kier molecular flexibility index (Phi) is 4.94. The number of benzene rings is 1. The molecular formula is C18H18N2O4S. The molecule has 1 amide bonds. The summed E-state index contributed by atoms with van der Waals surface area (Å²) in [5.74, 6) is -0.506. The van der Waals surface area contributed by atoms with E-state index in [1.165, 1.54) is 26.5 Å². The van der Waals surface area contributed by atoms with Crippen molar-refractivity contribution in [2.45, 2.75) is 22.5 Å². The van der Waals surface area contributed by atoms with Crippen molar-refractivity contribution >= 4 is 29.3 Å². The molecule has 130 valence electrons. The highest BCUT2D eigenvalue weighted by atomic mass is 32.2. The molecule has 1 heterocycles. The van der Waals surface area contributed by atoms with Crippen LogP contribution in [0.3, 0.4) is 0 Å². The van der Waals surface area contributed by atoms with Gasteiger partial charge in [-0.1, -0.05) is 18.2 Å². The van der Waals surface area contributed by atoms with Crippen molar-refractivity contribution < 1.29 is 19.1 Å². The molecule has 2 aromatic rings. The lowest BCUT2D eigenvalue weighted by molar-refractivity contribution is -0.116. The Labute approximate surface area is 149 Å². The van der Waals surface area contributed by atoms with Gasteiger partial charge in [-0.3, -0.25) is 4.79 Å². The fourth-order valence-corrected chi connectivity index (χ4v) is 3.58. The topological polar surface area (TPSA) is 77.5 Å². The Morgan fingerprint density at radius 3 is 2.52 bits per heavy atom. The van der Waals surface area contributed by atoms with Crippen molar-refractivity contribution in [1.29, 1.82) is 0 Å². The predicted octanol–water partition coefficient (Wildman–Crippen LogP) is 3.14. The molecule has 0 radical (unpaired) electrons. The standard InChI is InChI=1S/C18H18N2O4S/c1-23-15-14(16(21)24-2)10-12(11-19-15)20-17(22)18(8-9-18)25-13-6-4-3-5-7-13/h3-7,10-11H,8-9H2,1-2H3,(H,20,22). The summed E-state index contributed by atoms with van der Waals surface area (Å²) in [6.45, 7) is 0. The Morgan fingerprint density at radius 1 is 1.20 bits per heavy atom. The Bertz CT molecular complexity index is 791. The van der Waals surface area contributed by atoms with E-state index < -0.39 is 10.7 Å². The van der Waals surface area contributed by atoms with Gasteiger partial charge in [0.15, 0.2) is 0 Å². The zero-order valence-electron chi connectivity index (χ0n) is 13.9. The molecule has 1 saturated carbocycles. The minimum Gasteiger partial charge on any atom is -0.480 e. The van der Waals surface area contributed by atoms with Gasteiger partial charge in [0.1, 0.15) is 5.56 Å². The van der Waals surface area contributed by atoms with Gasteiger partial charge in [0, 0.05) is 4.90 Å². The van der Waals surface area contributed by atoms with E-state index in [2.05, 4.69) is 10.3 Å². The number of pyridine rings is 1. The molecule has 7 heteroatoms. The van der Waals surface area contributed by atoms with E-state index >= 15 is 0 Å². The van der Waals surface area contributed by atoms with Crippen LogP contribution >= 0.6 is 11.8 Å². The average Bonchev–Trinajstić information content (AvgIpc) is 3.42. The zero-order valence-corrected chi connectivity index (χ0v) is 14.8. The Hall–Kier alpha value is -2.54. The summed E-state index contributed by atoms with van der Waals surface area (Å²) < 4.78 is 9.31. The quantitative estimate of drug-likeness (QED) is 0.800. The molecule has 25 heavy (non-hydrogen) atoms. The van der Waals surface area contributed by atoms with E-state index in [1.54, 1.807) is 11.8 Å². The number of anilines is 1. The van der Waals surface area contributed by atoms with Crippen LogP contribution in [-0.2, 0) is 9.53 Å². The van der Waals surface area contributed by atoms with Crippen LogP contribution in [0.25, 0.3) is 0 Å². The molecule has 1 aliphatic carbocycles. The van der Waals surface area contributed by atoms with Gasteiger partial charge in [-0.25, -0.2) is 9.78 Å². The van der Waals surface area contributed by atoms with Gasteiger partial charge in [0.05, 0.1) is 30.9 Å². The maximum atomic E-state index is 12.7. The van der Waals surface area contributed by atoms with Gasteiger partial charge in [-0.2, -0.15) is 0 Å². The van der Waals surface area contributed by atoms with Crippen LogP contribution in [0.4, 0.5) is 5.69 Å². The second-order valence-corrected chi connectivity index (χ2v) is 7.09. The number of aromatic nitrogens is 1. The molecule has 3 rings (SSSR count). The zero-order chi connectivity index (χ0) is 17.9. The molecule has 0 aliphatic heterocycles. The summed E-state index contributed by atoms with van der Waals surface area (Å²) in [5, 5.41) is 2.85. The van der Waals surface area contributed by atoms with E-state index in [1.807, 2.05) is 30.3 Å². The number of hydrogen-bond donors (Lipinski definition) is 1. The molecule has 0 atom stereocenters. The summed E-state index contributed by atoms with van der Waals surface area (Å²) in [7, 11) is 2.70. The third kappa shape index (κ3) is 3.76. The van der Waals surface area contributed by atoms with Gasteiger partial charge in [0.25, 0.3) is 0 Å². The SMILES string of the molecule is COC(=O)c1cc(NC(=O)C2(Sc3ccccc3)CC2)cnc1OC. The predicted molar refractivity (Wildman–Crippen MR) is 95.0 cm³/mol. The lowest BCUT2D eigenvalue weighted by Crippen LogP contribution is -2.27. The first-order valence-electron chi connectivity index (χ1n) is 7.76. The number of nitrogens with zero attached hydrogens (tertiary/aromatic N) is 1. The number of ether oxygens (including phenoxy) is 2. The second kappa shape index (κ2) is 7.14. The van der Waals surface area contributed by atoms with Crippen LogP contribution in [0.2, 0.25) is 0 Å². The Balaban J connectivity index is 1.76. The van der Waals surface area contributed by atoms with Crippen molar-refractivity contribution in [2.24, 2.45) is 0 Å². The number of carbonyl (C=O) groups excluding carboxylic acids is 2. The highest BCUT2D eigenvalue weighted by Gasteiger charge is 2.51. The van der Waals surface area contributed by atoms with Crippen LogP contribution in [0, 0.1) is 0 Å². The third-order valence-corrected chi connectivity index (χ3v) is 5.37. The summed E-state index contributed by atoms with van der Waals surface area (Å²) in [6, 6.07) is 11.3. The second-order valence-electron chi connectivity index (χ2n) is 5.64. The van der Waals surface area contributed by atoms with Gasteiger partial charge >= 0.3 is 5.97 Å². The van der Waals surface area contributed by atoms with Crippen molar-refractivity contribution in [2.75, 3.05) is 19.5 Å². The first kappa shape index (κ1) is 17.3. The van der Waals surface area contributed by atoms with Gasteiger partial charge < -0.3 is 14.8 Å². The van der Waals surface area contributed by atoms with Crippen molar-refractivity contribution in [3.63, 3.8) is 0 Å². The third-order valence-electron chi connectivity index (χ3n) is 3.88. The summed E-state index contributed by atoms with van der Waals surface area (Å²) in [6.07, 6.45) is 3.09. The summed E-state index contributed by atoms with van der Waals surface area (Å²) in [5.41, 5.74) is 0.606. The van der Waals surface area contributed by atoms with Crippen LogP contribution < -0.4 is 10.1 Å². The van der Waals surface area contributed by atoms with Gasteiger partial charge in [0.2, 0.25) is 11.8 Å². The van der Waals surface area contributed by atoms with E-state index in [4.69, 9.17) is 9.47 Å². The molecule has 1 aromatic carbocycles. The molecule has 1 N–H and O–H groups in total. The maximum Gasteiger partial charge on any atom is 0.343 e. The number of methoxy groups -OCH3 is 2. The van der Waals surface area contributed by atoms with Crippen molar-refractivity contribution in [3.8, 4) is 5.88 Å². The number of rotatable bonds is 6. The van der Waals surface area contributed by atoms with Crippen LogP contribution in [0.15, 0.2) is 47.5 Å². The molecule has 0 bridgehead atoms. The first-order valence-corrected chi connectivity index (χ1v) is 8.57. The van der Waals surface area contributed by atoms with E-state index in [9.17, 15) is 9.59 Å². The van der Waals surface area contributed by atoms with E-state index in [0.29, 0.717) is 5.69 Å². The minimum atomic E-state index is -0.569. The summed E-state index contributed by atoms with van der Waals surface area (Å²) >= 11 is 1.56. The number of thioether (sulfide) groups is 1. The molecular weight excluding hydrogens is 340 g/mol. The lowest BCUT2D eigenvalue weighted by atomic mass is 10.2. The average molecular weight is 358 g/mol. The number of carbonyl (C=O) groups is 2. The van der Waals surface area contributed by atoms with E-state index in [-0.39, 0.29) is 17.4 Å². The van der Waals surface area contributed by atoms with Gasteiger partial charge in [-0.15, -0.1) is 11.8 Å². The highest BCUT2D eigenvalue weighted by molar-refractivity contribution is 8.01. The van der Waals surface area contributed by atoms with Crippen LogP contribution in [-0.4, -0.2) is 35.8 Å². The lowest BCUT2D eigenvalue weighted by Gasteiger charge is -2.15. The highest BCUT2D eigenvalue weighted by Crippen LogP contribution is 2.52. The molecule has 1 aliphatic rings. The molecule has 1 aromatic heterocycles. The van der Waals surface area contributed by atoms with Crippen molar-refractivity contribution in [1.82, 2.24) is 4.98 Å². The maximum absolute atomic E-state index is 12.7.